The van der Waals surface area contributed by atoms with Gasteiger partial charge in [0.1, 0.15) is 0 Å². The van der Waals surface area contributed by atoms with Crippen molar-refractivity contribution in [2.24, 2.45) is 0 Å². The zero-order valence-electron chi connectivity index (χ0n) is 17.5. The molecule has 1 N–H and O–H groups in total. The van der Waals surface area contributed by atoms with Crippen LogP contribution in [0.3, 0.4) is 0 Å². The van der Waals surface area contributed by atoms with E-state index in [9.17, 15) is 22.8 Å². The summed E-state index contributed by atoms with van der Waals surface area (Å²) in [5.74, 6) is -1.25. The molecule has 0 saturated heterocycles. The number of carbonyl (C=O) groups excluding carboxylic acids is 1. The van der Waals surface area contributed by atoms with Crippen LogP contribution in [0.4, 0.5) is 18.9 Å². The van der Waals surface area contributed by atoms with E-state index in [1.165, 1.54) is 29.3 Å². The highest BCUT2D eigenvalue weighted by Crippen LogP contribution is 2.31. The van der Waals surface area contributed by atoms with E-state index in [1.54, 1.807) is 30.3 Å². The molecule has 0 fully saturated rings. The molecule has 1 amide bonds. The smallest absolute Gasteiger partial charge is 0.416 e. The molecule has 0 unspecified atom stereocenters. The summed E-state index contributed by atoms with van der Waals surface area (Å²) in [6.45, 7) is 3.84. The zero-order chi connectivity index (χ0) is 24.0. The largest absolute Gasteiger partial charge is 0.481 e. The van der Waals surface area contributed by atoms with Crippen LogP contribution in [0, 0.1) is 0 Å². The number of pyridine rings is 1. The van der Waals surface area contributed by atoms with Crippen molar-refractivity contribution in [2.45, 2.75) is 19.0 Å². The average molecular weight is 454 g/mol. The molecule has 1 aromatic heterocycles. The molecule has 0 aliphatic rings. The lowest BCUT2D eigenvalue weighted by Crippen LogP contribution is -2.31. The summed E-state index contributed by atoms with van der Waals surface area (Å²) in [5, 5.41) is 8.96. The number of anilines is 1. The summed E-state index contributed by atoms with van der Waals surface area (Å²) < 4.78 is 38.3. The van der Waals surface area contributed by atoms with Crippen molar-refractivity contribution in [1.82, 2.24) is 4.98 Å². The van der Waals surface area contributed by atoms with E-state index in [0.29, 0.717) is 35.5 Å². The molecule has 2 aromatic carbocycles. The zero-order valence-corrected chi connectivity index (χ0v) is 17.5. The van der Waals surface area contributed by atoms with Gasteiger partial charge in [-0.2, -0.15) is 13.2 Å². The van der Waals surface area contributed by atoms with Crippen LogP contribution in [0.25, 0.3) is 11.3 Å². The number of carboxylic acids is 1. The number of aromatic nitrogens is 1. The molecule has 0 saturated carbocycles. The van der Waals surface area contributed by atoms with Gasteiger partial charge in [-0.25, -0.2) is 0 Å². The minimum Gasteiger partial charge on any atom is -0.481 e. The Morgan fingerprint density at radius 2 is 1.73 bits per heavy atom. The van der Waals surface area contributed by atoms with E-state index in [0.717, 1.165) is 17.7 Å². The monoisotopic (exact) mass is 454 g/mol. The Bertz CT molecular complexity index is 1140. The molecule has 0 aliphatic carbocycles. The van der Waals surface area contributed by atoms with Gasteiger partial charge in [-0.3, -0.25) is 14.6 Å². The Hall–Kier alpha value is -3.94. The molecule has 3 rings (SSSR count). The summed E-state index contributed by atoms with van der Waals surface area (Å²) >= 11 is 0. The van der Waals surface area contributed by atoms with Gasteiger partial charge >= 0.3 is 12.1 Å². The summed E-state index contributed by atoms with van der Waals surface area (Å²) in [5.41, 5.74) is 2.32. The van der Waals surface area contributed by atoms with Crippen molar-refractivity contribution in [1.29, 1.82) is 0 Å². The first-order chi connectivity index (χ1) is 15.7. The molecular formula is C25H21F3N2O3. The second-order valence-electron chi connectivity index (χ2n) is 7.31. The van der Waals surface area contributed by atoms with Gasteiger partial charge in [-0.05, 0) is 47.9 Å². The second kappa shape index (κ2) is 10.1. The number of benzene rings is 2. The van der Waals surface area contributed by atoms with Crippen LogP contribution >= 0.6 is 0 Å². The third-order valence-corrected chi connectivity index (χ3v) is 4.98. The fourth-order valence-electron chi connectivity index (χ4n) is 3.33. The van der Waals surface area contributed by atoms with Gasteiger partial charge in [0.2, 0.25) is 5.91 Å². The maximum Gasteiger partial charge on any atom is 0.416 e. The number of hydrogen-bond donors (Lipinski definition) is 1. The highest BCUT2D eigenvalue weighted by atomic mass is 19.4. The van der Waals surface area contributed by atoms with Crippen molar-refractivity contribution >= 4 is 17.6 Å². The van der Waals surface area contributed by atoms with E-state index in [2.05, 4.69) is 11.6 Å². The summed E-state index contributed by atoms with van der Waals surface area (Å²) in [6.07, 6.45) is -1.35. The van der Waals surface area contributed by atoms with Crippen molar-refractivity contribution < 1.29 is 27.9 Å². The first-order valence-corrected chi connectivity index (χ1v) is 10.0. The fourth-order valence-corrected chi connectivity index (χ4v) is 3.33. The number of halogens is 3. The number of aliphatic carboxylic acids is 1. The average Bonchev–Trinajstić information content (AvgIpc) is 2.79. The minimum atomic E-state index is -4.41. The number of amides is 1. The third kappa shape index (κ3) is 6.29. The quantitative estimate of drug-likeness (QED) is 0.478. The highest BCUT2D eigenvalue weighted by Gasteiger charge is 2.30. The SMILES string of the molecule is C=CC(=O)N(CCc1cccc(CC(=O)O)c1)c1ccc(-c2ccc(C(F)(F)F)cc2)nc1. The first-order valence-electron chi connectivity index (χ1n) is 10.0. The standard InChI is InChI=1S/C25H21F3N2O3/c1-2-23(31)30(13-12-17-4-3-5-18(14-17)15-24(32)33)21-10-11-22(29-16-21)19-6-8-20(9-7-19)25(26,27)28/h2-11,14,16H,1,12-13,15H2,(H,32,33). The molecule has 0 bridgehead atoms. The summed E-state index contributed by atoms with van der Waals surface area (Å²) in [7, 11) is 0. The van der Waals surface area contributed by atoms with E-state index >= 15 is 0 Å². The Morgan fingerprint density at radius 1 is 1.03 bits per heavy atom. The van der Waals surface area contributed by atoms with Crippen LogP contribution in [0.1, 0.15) is 16.7 Å². The van der Waals surface area contributed by atoms with Crippen molar-refractivity contribution in [2.75, 3.05) is 11.4 Å². The lowest BCUT2D eigenvalue weighted by atomic mass is 10.1. The van der Waals surface area contributed by atoms with Crippen LogP contribution in [-0.4, -0.2) is 28.5 Å². The van der Waals surface area contributed by atoms with Gasteiger partial charge in [0.05, 0.1) is 29.6 Å². The lowest BCUT2D eigenvalue weighted by molar-refractivity contribution is -0.138. The van der Waals surface area contributed by atoms with Crippen molar-refractivity contribution in [3.05, 3.63) is 96.2 Å². The van der Waals surface area contributed by atoms with Crippen LogP contribution in [0.15, 0.2) is 79.5 Å². The number of alkyl halides is 3. The molecular weight excluding hydrogens is 433 g/mol. The first kappa shape index (κ1) is 23.7. The van der Waals surface area contributed by atoms with Gasteiger partial charge in [-0.15, -0.1) is 0 Å². The molecule has 170 valence electrons. The van der Waals surface area contributed by atoms with Crippen LogP contribution in [-0.2, 0) is 28.6 Å². The fraction of sp³-hybridized carbons (Fsp3) is 0.160. The van der Waals surface area contributed by atoms with Crippen LogP contribution in [0.2, 0.25) is 0 Å². The van der Waals surface area contributed by atoms with E-state index < -0.39 is 17.7 Å². The highest BCUT2D eigenvalue weighted by molar-refractivity contribution is 6.01. The number of nitrogens with zero attached hydrogens (tertiary/aromatic N) is 2. The van der Waals surface area contributed by atoms with Gasteiger partial charge < -0.3 is 10.0 Å². The molecule has 0 aliphatic heterocycles. The minimum absolute atomic E-state index is 0.0848. The predicted molar refractivity (Wildman–Crippen MR) is 119 cm³/mol. The van der Waals surface area contributed by atoms with Gasteiger partial charge in [0.25, 0.3) is 0 Å². The predicted octanol–water partition coefficient (Wildman–Crippen LogP) is 5.16. The van der Waals surface area contributed by atoms with Gasteiger partial charge in [0, 0.05) is 12.1 Å². The molecule has 8 heteroatoms. The van der Waals surface area contributed by atoms with Crippen LogP contribution < -0.4 is 4.90 Å². The second-order valence-corrected chi connectivity index (χ2v) is 7.31. The molecule has 5 nitrogen and oxygen atoms in total. The van der Waals surface area contributed by atoms with E-state index in [-0.39, 0.29) is 12.3 Å². The Morgan fingerprint density at radius 3 is 2.30 bits per heavy atom. The number of carboxylic acid groups (broad SMARTS) is 1. The molecule has 33 heavy (non-hydrogen) atoms. The third-order valence-electron chi connectivity index (χ3n) is 4.98. The van der Waals surface area contributed by atoms with Crippen LogP contribution in [0.5, 0.6) is 0 Å². The molecule has 0 radical (unpaired) electrons. The molecule has 3 aromatic rings. The number of hydrogen-bond acceptors (Lipinski definition) is 3. The Kier molecular flexibility index (Phi) is 7.27. The van der Waals surface area contributed by atoms with E-state index in [4.69, 9.17) is 5.11 Å². The maximum atomic E-state index is 12.8. The molecule has 1 heterocycles. The maximum absolute atomic E-state index is 12.8. The molecule has 0 atom stereocenters. The van der Waals surface area contributed by atoms with Gasteiger partial charge in [0.15, 0.2) is 0 Å². The Labute approximate surface area is 188 Å². The Balaban J connectivity index is 1.76. The van der Waals surface area contributed by atoms with Crippen molar-refractivity contribution in [3.63, 3.8) is 0 Å². The summed E-state index contributed by atoms with van der Waals surface area (Å²) in [6, 6.07) is 15.1. The topological polar surface area (TPSA) is 70.5 Å². The van der Waals surface area contributed by atoms with E-state index in [1.807, 2.05) is 6.07 Å². The normalized spacial score (nSPS) is 11.1. The number of rotatable bonds is 8. The summed E-state index contributed by atoms with van der Waals surface area (Å²) in [4.78, 5) is 29.1. The lowest BCUT2D eigenvalue weighted by Gasteiger charge is -2.21. The van der Waals surface area contributed by atoms with Crippen molar-refractivity contribution in [3.8, 4) is 11.3 Å². The molecule has 0 spiro atoms. The van der Waals surface area contributed by atoms with Gasteiger partial charge in [-0.1, -0.05) is 43.0 Å². The number of carbonyl (C=O) groups is 2.